The lowest BCUT2D eigenvalue weighted by Gasteiger charge is -2.30. The van der Waals surface area contributed by atoms with Crippen molar-refractivity contribution in [1.82, 2.24) is 4.90 Å². The Labute approximate surface area is 126 Å². The summed E-state index contributed by atoms with van der Waals surface area (Å²) in [6.45, 7) is 3.84. The van der Waals surface area contributed by atoms with Crippen molar-refractivity contribution in [3.8, 4) is 5.75 Å². The second kappa shape index (κ2) is 7.54. The Morgan fingerprint density at radius 1 is 1.29 bits per heavy atom. The molecule has 7 heteroatoms. The van der Waals surface area contributed by atoms with Crippen LogP contribution in [0.5, 0.6) is 5.75 Å². The lowest BCUT2D eigenvalue weighted by molar-refractivity contribution is 0.0675. The summed E-state index contributed by atoms with van der Waals surface area (Å²) in [6.07, 6.45) is 1.22. The number of benzene rings is 1. The van der Waals surface area contributed by atoms with Crippen LogP contribution in [-0.4, -0.2) is 34.4 Å². The largest absolute Gasteiger partial charge is 0.503 e. The first-order chi connectivity index (χ1) is 9.88. The van der Waals surface area contributed by atoms with Gasteiger partial charge in [0.05, 0.1) is 5.56 Å². The molecule has 0 heterocycles. The Kier molecular flexibility index (Phi) is 6.33. The van der Waals surface area contributed by atoms with Crippen LogP contribution in [0.3, 0.4) is 0 Å². The van der Waals surface area contributed by atoms with E-state index in [9.17, 15) is 23.1 Å². The van der Waals surface area contributed by atoms with Crippen LogP contribution < -0.4 is 0 Å². The monoisotopic (exact) mass is 323 g/mol. The predicted octanol–water partition coefficient (Wildman–Crippen LogP) is 3.68. The van der Waals surface area contributed by atoms with Gasteiger partial charge in [0.2, 0.25) is 5.82 Å². The third kappa shape index (κ3) is 3.61. The first-order valence-electron chi connectivity index (χ1n) is 6.62. The fraction of sp³-hybridized carbons (Fsp3) is 0.500. The molecule has 0 atom stereocenters. The summed E-state index contributed by atoms with van der Waals surface area (Å²) in [5, 5.41) is 9.19. The minimum absolute atomic E-state index is 0.125. The molecule has 1 N–H and O–H groups in total. The van der Waals surface area contributed by atoms with E-state index in [0.29, 0.717) is 18.9 Å². The van der Waals surface area contributed by atoms with Crippen LogP contribution >= 0.6 is 11.6 Å². The lowest BCUT2D eigenvalue weighted by atomic mass is 10.1. The normalized spacial score (nSPS) is 11.0. The molecule has 0 saturated carbocycles. The fourth-order valence-electron chi connectivity index (χ4n) is 2.17. The van der Waals surface area contributed by atoms with Crippen molar-refractivity contribution in [1.29, 1.82) is 0 Å². The van der Waals surface area contributed by atoms with Gasteiger partial charge in [0, 0.05) is 18.5 Å². The number of phenols is 1. The first-order valence-corrected chi connectivity index (χ1v) is 7.15. The second-order valence-electron chi connectivity index (χ2n) is 4.54. The number of carbonyl (C=O) groups excluding carboxylic acids is 1. The SMILES string of the molecule is CCC(CC)N(CCCl)C(=O)c1cc(F)c(F)c(O)c1F. The molecule has 0 saturated heterocycles. The second-order valence-corrected chi connectivity index (χ2v) is 4.92. The zero-order valence-corrected chi connectivity index (χ0v) is 12.6. The number of amides is 1. The van der Waals surface area contributed by atoms with Gasteiger partial charge in [0.25, 0.3) is 5.91 Å². The van der Waals surface area contributed by atoms with Crippen molar-refractivity contribution < 1.29 is 23.1 Å². The maximum atomic E-state index is 13.8. The van der Waals surface area contributed by atoms with Crippen LogP contribution in [-0.2, 0) is 0 Å². The topological polar surface area (TPSA) is 40.5 Å². The number of phenolic OH excluding ortho intramolecular Hbond substituents is 1. The van der Waals surface area contributed by atoms with Gasteiger partial charge < -0.3 is 10.0 Å². The van der Waals surface area contributed by atoms with E-state index in [1.807, 2.05) is 13.8 Å². The zero-order chi connectivity index (χ0) is 16.2. The fourth-order valence-corrected chi connectivity index (χ4v) is 2.35. The number of rotatable bonds is 6. The molecule has 0 spiro atoms. The number of hydrogen-bond donors (Lipinski definition) is 1. The molecule has 0 bridgehead atoms. The minimum Gasteiger partial charge on any atom is -0.503 e. The Bertz CT molecular complexity index is 521. The van der Waals surface area contributed by atoms with Gasteiger partial charge in [-0.05, 0) is 18.9 Å². The molecule has 1 amide bonds. The third-order valence-corrected chi connectivity index (χ3v) is 3.50. The van der Waals surface area contributed by atoms with Crippen molar-refractivity contribution in [3.63, 3.8) is 0 Å². The summed E-state index contributed by atoms with van der Waals surface area (Å²) in [5.74, 6) is -6.85. The smallest absolute Gasteiger partial charge is 0.257 e. The average Bonchev–Trinajstić information content (AvgIpc) is 2.48. The van der Waals surface area contributed by atoms with E-state index >= 15 is 0 Å². The van der Waals surface area contributed by atoms with Gasteiger partial charge in [-0.3, -0.25) is 4.79 Å². The van der Waals surface area contributed by atoms with E-state index < -0.39 is 34.7 Å². The van der Waals surface area contributed by atoms with Crippen molar-refractivity contribution in [3.05, 3.63) is 29.1 Å². The quantitative estimate of drug-likeness (QED) is 0.641. The molecule has 0 aliphatic heterocycles. The molecule has 0 aliphatic rings. The molecule has 0 aliphatic carbocycles. The van der Waals surface area contributed by atoms with E-state index in [2.05, 4.69) is 0 Å². The standard InChI is InChI=1S/C14H17ClF3NO2/c1-3-8(4-2)19(6-5-15)14(21)9-7-10(16)12(18)13(20)11(9)17/h7-8,20H,3-6H2,1-2H3. The predicted molar refractivity (Wildman–Crippen MR) is 74.1 cm³/mol. The van der Waals surface area contributed by atoms with Gasteiger partial charge in [0.1, 0.15) is 0 Å². The molecule has 0 radical (unpaired) electrons. The van der Waals surface area contributed by atoms with Crippen molar-refractivity contribution in [2.24, 2.45) is 0 Å². The summed E-state index contributed by atoms with van der Waals surface area (Å²) in [6, 6.07) is 0.252. The van der Waals surface area contributed by atoms with Crippen LogP contribution in [0.1, 0.15) is 37.0 Å². The summed E-state index contributed by atoms with van der Waals surface area (Å²) in [4.78, 5) is 13.7. The molecule has 21 heavy (non-hydrogen) atoms. The van der Waals surface area contributed by atoms with Crippen molar-refractivity contribution >= 4 is 17.5 Å². The van der Waals surface area contributed by atoms with Crippen LogP contribution in [0.15, 0.2) is 6.07 Å². The molecule has 1 aromatic rings. The van der Waals surface area contributed by atoms with Gasteiger partial charge in [0.15, 0.2) is 17.4 Å². The lowest BCUT2D eigenvalue weighted by Crippen LogP contribution is -2.41. The third-order valence-electron chi connectivity index (χ3n) is 3.33. The Morgan fingerprint density at radius 3 is 2.33 bits per heavy atom. The van der Waals surface area contributed by atoms with Crippen LogP contribution in [0.25, 0.3) is 0 Å². The van der Waals surface area contributed by atoms with Gasteiger partial charge in [-0.15, -0.1) is 11.6 Å². The maximum absolute atomic E-state index is 13.8. The molecule has 0 unspecified atom stereocenters. The number of hydrogen-bond acceptors (Lipinski definition) is 2. The van der Waals surface area contributed by atoms with Gasteiger partial charge in [-0.1, -0.05) is 13.8 Å². The van der Waals surface area contributed by atoms with E-state index in [4.69, 9.17) is 11.6 Å². The van der Waals surface area contributed by atoms with E-state index in [1.54, 1.807) is 0 Å². The number of carbonyl (C=O) groups is 1. The highest BCUT2D eigenvalue weighted by Gasteiger charge is 2.28. The minimum atomic E-state index is -1.71. The van der Waals surface area contributed by atoms with E-state index in [0.717, 1.165) is 0 Å². The Morgan fingerprint density at radius 2 is 1.86 bits per heavy atom. The number of nitrogens with zero attached hydrogens (tertiary/aromatic N) is 1. The summed E-state index contributed by atoms with van der Waals surface area (Å²) in [7, 11) is 0. The van der Waals surface area contributed by atoms with Crippen molar-refractivity contribution in [2.45, 2.75) is 32.7 Å². The average molecular weight is 324 g/mol. The molecule has 0 fully saturated rings. The molecule has 1 rings (SSSR count). The van der Waals surface area contributed by atoms with E-state index in [-0.39, 0.29) is 18.5 Å². The van der Waals surface area contributed by atoms with Gasteiger partial charge in [-0.25, -0.2) is 8.78 Å². The zero-order valence-electron chi connectivity index (χ0n) is 11.8. The summed E-state index contributed by atoms with van der Waals surface area (Å²) < 4.78 is 40.2. The van der Waals surface area contributed by atoms with Gasteiger partial charge >= 0.3 is 0 Å². The van der Waals surface area contributed by atoms with Gasteiger partial charge in [-0.2, -0.15) is 4.39 Å². The molecule has 118 valence electrons. The van der Waals surface area contributed by atoms with Crippen LogP contribution in [0, 0.1) is 17.5 Å². The summed E-state index contributed by atoms with van der Waals surface area (Å²) in [5.41, 5.74) is -0.705. The number of halogens is 4. The molecule has 3 nitrogen and oxygen atoms in total. The highest BCUT2D eigenvalue weighted by Crippen LogP contribution is 2.27. The molecular weight excluding hydrogens is 307 g/mol. The maximum Gasteiger partial charge on any atom is 0.257 e. The molecule has 1 aromatic carbocycles. The van der Waals surface area contributed by atoms with Crippen LogP contribution in [0.2, 0.25) is 0 Å². The van der Waals surface area contributed by atoms with E-state index in [1.165, 1.54) is 4.90 Å². The molecule has 0 aromatic heterocycles. The van der Waals surface area contributed by atoms with Crippen molar-refractivity contribution in [2.75, 3.05) is 12.4 Å². The first kappa shape index (κ1) is 17.6. The van der Waals surface area contributed by atoms with Crippen LogP contribution in [0.4, 0.5) is 13.2 Å². The number of alkyl halides is 1. The Balaban J connectivity index is 3.27. The summed E-state index contributed by atoms with van der Waals surface area (Å²) >= 11 is 5.64. The highest BCUT2D eigenvalue weighted by molar-refractivity contribution is 6.18. The molecular formula is C14H17ClF3NO2. The number of aromatic hydroxyl groups is 1. The Hall–Kier alpha value is -1.43. The highest BCUT2D eigenvalue weighted by atomic mass is 35.5.